The molecule has 46 valence electrons. The molecule has 0 atom stereocenters. The third-order valence-electron chi connectivity index (χ3n) is 0.275. The Bertz CT molecular complexity index is 71.8. The smallest absolute Gasteiger partial charge is 0 e. The Morgan fingerprint density at radius 1 is 1.00 bits per heavy atom. The summed E-state index contributed by atoms with van der Waals surface area (Å²) in [4.78, 5) is 23.7. The van der Waals surface area contributed by atoms with Crippen molar-refractivity contribution >= 4 is 7.74 Å². The minimum atomic E-state index is -4.80. The summed E-state index contributed by atoms with van der Waals surface area (Å²) in [6.45, 7) is 0. The number of rotatable bonds is 0. The molecule has 7 heavy (non-hydrogen) atoms. The van der Waals surface area contributed by atoms with Crippen molar-refractivity contribution in [3.63, 3.8) is 0 Å². The van der Waals surface area contributed by atoms with Gasteiger partial charge in [0.1, 0.15) is 0 Å². The maximum Gasteiger partial charge on any atom is 0 e. The second-order valence-electron chi connectivity index (χ2n) is 0.982. The van der Waals surface area contributed by atoms with Gasteiger partial charge in [-0.1, -0.05) is 0 Å². The molecule has 7 heteroatoms. The van der Waals surface area contributed by atoms with Crippen LogP contribution in [0.2, 0.25) is 0 Å². The molecule has 1 heterocycles. The topological polar surface area (TPSA) is 85.8 Å². The standard InChI is InChI=1S/Fe.H3O5P/c;1-6(2,3)4-5-6/h;1-3H. The summed E-state index contributed by atoms with van der Waals surface area (Å²) in [6.07, 6.45) is 0. The first kappa shape index (κ1) is 7.75. The van der Waals surface area contributed by atoms with Gasteiger partial charge in [0.15, 0.2) is 0 Å². The molecule has 5 nitrogen and oxygen atoms in total. The Kier molecular flexibility index (Phi) is 1.52. The molecule has 0 aromatic heterocycles. The first-order chi connectivity index (χ1) is 2.47. The van der Waals surface area contributed by atoms with E-state index in [0.717, 1.165) is 0 Å². The van der Waals surface area contributed by atoms with Crippen molar-refractivity contribution in [2.24, 2.45) is 0 Å². The zero-order valence-corrected chi connectivity index (χ0v) is 4.96. The van der Waals surface area contributed by atoms with Crippen LogP contribution in [0.15, 0.2) is 0 Å². The number of hydrogen-bond acceptors (Lipinski definition) is 5. The molecule has 0 aliphatic carbocycles. The Labute approximate surface area is 49.6 Å². The fraction of sp³-hybridized carbons (Fsp3) is 0. The molecule has 0 spiro atoms. The van der Waals surface area contributed by atoms with E-state index >= 15 is 0 Å². The van der Waals surface area contributed by atoms with E-state index < -0.39 is 7.74 Å². The van der Waals surface area contributed by atoms with Crippen molar-refractivity contribution in [3.05, 3.63) is 0 Å². The van der Waals surface area contributed by atoms with E-state index in [-0.39, 0.29) is 17.1 Å². The summed E-state index contributed by atoms with van der Waals surface area (Å²) in [5.41, 5.74) is 0. The predicted octanol–water partition coefficient (Wildman–Crippen LogP) is -0.949. The van der Waals surface area contributed by atoms with Crippen LogP contribution >= 0.6 is 7.74 Å². The van der Waals surface area contributed by atoms with E-state index in [4.69, 9.17) is 14.7 Å². The molecule has 1 saturated heterocycles. The van der Waals surface area contributed by atoms with Gasteiger partial charge in [-0.2, -0.15) is 0 Å². The van der Waals surface area contributed by atoms with Crippen LogP contribution in [0.3, 0.4) is 0 Å². The van der Waals surface area contributed by atoms with Gasteiger partial charge in [-0.15, -0.1) is 0 Å². The van der Waals surface area contributed by atoms with Gasteiger partial charge in [-0.25, -0.2) is 0 Å². The summed E-state index contributed by atoms with van der Waals surface area (Å²) < 4.78 is 6.76. The van der Waals surface area contributed by atoms with E-state index in [0.29, 0.717) is 0 Å². The van der Waals surface area contributed by atoms with Gasteiger partial charge in [0.05, 0.1) is 0 Å². The van der Waals surface area contributed by atoms with Crippen molar-refractivity contribution in [2.45, 2.75) is 0 Å². The molecule has 3 N–H and O–H groups in total. The summed E-state index contributed by atoms with van der Waals surface area (Å²) in [5, 5.41) is 0. The average Bonchev–Trinajstić information content (AvgIpc) is 1.73. The van der Waals surface area contributed by atoms with Gasteiger partial charge >= 0.3 is 31.8 Å². The predicted molar refractivity (Wildman–Crippen MR) is 15.7 cm³/mol. The van der Waals surface area contributed by atoms with E-state index in [1.807, 2.05) is 0 Å². The SMILES string of the molecule is OP1(O)(O)OO1.[Fe]. The third kappa shape index (κ3) is 2.54. The molecule has 1 aliphatic rings. The maximum atomic E-state index is 7.89. The third-order valence-corrected chi connectivity index (χ3v) is 0.824. The molecule has 0 bridgehead atoms. The molecule has 0 unspecified atom stereocenters. The van der Waals surface area contributed by atoms with Crippen LogP contribution < -0.4 is 0 Å². The molecule has 0 saturated carbocycles. The van der Waals surface area contributed by atoms with Gasteiger partial charge in [-0.3, -0.25) is 0 Å². The minimum absolute atomic E-state index is 0. The van der Waals surface area contributed by atoms with Crippen molar-refractivity contribution in [1.82, 2.24) is 0 Å². The molecular formula is H3FeO5P. The molecular weight excluding hydrogens is 167 g/mol. The second kappa shape index (κ2) is 1.37. The van der Waals surface area contributed by atoms with Crippen LogP contribution in [-0.2, 0) is 26.4 Å². The average molecular weight is 170 g/mol. The van der Waals surface area contributed by atoms with Crippen LogP contribution in [0.1, 0.15) is 0 Å². The second-order valence-corrected chi connectivity index (χ2v) is 2.95. The quantitative estimate of drug-likeness (QED) is 0.189. The van der Waals surface area contributed by atoms with E-state index in [1.54, 1.807) is 0 Å². The van der Waals surface area contributed by atoms with Crippen LogP contribution in [0.25, 0.3) is 0 Å². The minimum Gasteiger partial charge on any atom is 0 e. The van der Waals surface area contributed by atoms with Crippen molar-refractivity contribution in [3.8, 4) is 0 Å². The van der Waals surface area contributed by atoms with Crippen LogP contribution in [0.4, 0.5) is 0 Å². The summed E-state index contributed by atoms with van der Waals surface area (Å²) in [5.74, 6) is 0. The van der Waals surface area contributed by atoms with Gasteiger partial charge in [0, 0.05) is 17.1 Å². The van der Waals surface area contributed by atoms with Gasteiger partial charge in [0.2, 0.25) is 0 Å². The molecule has 1 aliphatic heterocycles. The first-order valence-electron chi connectivity index (χ1n) is 1.13. The van der Waals surface area contributed by atoms with Crippen LogP contribution in [0, 0.1) is 0 Å². The van der Waals surface area contributed by atoms with E-state index in [9.17, 15) is 0 Å². The molecule has 0 radical (unpaired) electrons. The Morgan fingerprint density at radius 3 is 1.14 bits per heavy atom. The normalized spacial score (nSPS) is 36.7. The molecule has 1 rings (SSSR count). The largest absolute Gasteiger partial charge is 0 e. The van der Waals surface area contributed by atoms with Crippen LogP contribution in [0.5, 0.6) is 0 Å². The molecule has 0 amide bonds. The fourth-order valence-electron chi connectivity index (χ4n) is 0.0447. The van der Waals surface area contributed by atoms with Crippen molar-refractivity contribution in [2.75, 3.05) is 0 Å². The maximum absolute atomic E-state index is 7.89. The van der Waals surface area contributed by atoms with Crippen molar-refractivity contribution in [1.29, 1.82) is 0 Å². The van der Waals surface area contributed by atoms with Gasteiger partial charge in [-0.05, 0) is 0 Å². The van der Waals surface area contributed by atoms with Crippen molar-refractivity contribution < 1.29 is 41.1 Å². The number of hydrogen-bond donors (Lipinski definition) is 3. The Hall–Kier alpha value is 0.749. The molecule has 0 aromatic carbocycles. The van der Waals surface area contributed by atoms with E-state index in [1.165, 1.54) is 0 Å². The first-order valence-corrected chi connectivity index (χ1v) is 3.06. The zero-order chi connectivity index (χ0) is 4.86. The summed E-state index contributed by atoms with van der Waals surface area (Å²) in [7, 11) is -4.80. The molecule has 1 fully saturated rings. The van der Waals surface area contributed by atoms with Gasteiger partial charge in [0.25, 0.3) is 0 Å². The summed E-state index contributed by atoms with van der Waals surface area (Å²) >= 11 is 0. The van der Waals surface area contributed by atoms with Crippen LogP contribution in [-0.4, -0.2) is 14.7 Å². The summed E-state index contributed by atoms with van der Waals surface area (Å²) in [6, 6.07) is 0. The monoisotopic (exact) mass is 170 g/mol. The fourth-order valence-corrected chi connectivity index (χ4v) is 0.402. The Balaban J connectivity index is 0.000000360. The molecule has 0 aromatic rings. The van der Waals surface area contributed by atoms with E-state index in [2.05, 4.69) is 9.35 Å². The zero-order valence-electron chi connectivity index (χ0n) is 2.96. The Morgan fingerprint density at radius 2 is 1.14 bits per heavy atom. The van der Waals surface area contributed by atoms with Gasteiger partial charge < -0.3 is 0 Å².